The quantitative estimate of drug-likeness (QED) is 0.240. The minimum absolute atomic E-state index is 0. The van der Waals surface area contributed by atoms with Gasteiger partial charge in [-0.1, -0.05) is 0 Å². The van der Waals surface area contributed by atoms with Crippen LogP contribution in [0.3, 0.4) is 0 Å². The Morgan fingerprint density at radius 2 is 1.19 bits per heavy atom. The van der Waals surface area contributed by atoms with Crippen molar-refractivity contribution in [2.45, 2.75) is 88.2 Å². The molecule has 0 spiro atoms. The van der Waals surface area contributed by atoms with Gasteiger partial charge >= 0.3 is 162 Å². The van der Waals surface area contributed by atoms with Crippen molar-refractivity contribution < 1.29 is 42.5 Å². The zero-order valence-corrected chi connectivity index (χ0v) is 18.5. The summed E-state index contributed by atoms with van der Waals surface area (Å²) >= 11 is 0.533. The van der Waals surface area contributed by atoms with Gasteiger partial charge in [-0.2, -0.15) is 0 Å². The van der Waals surface area contributed by atoms with E-state index in [1.54, 1.807) is 0 Å². The van der Waals surface area contributed by atoms with E-state index in [0.29, 0.717) is 21.4 Å². The van der Waals surface area contributed by atoms with Gasteiger partial charge in [0.1, 0.15) is 0 Å². The minimum atomic E-state index is -3.98. The Balaban J connectivity index is 0. The van der Waals surface area contributed by atoms with Crippen LogP contribution < -0.4 is 29.6 Å². The second-order valence-corrected chi connectivity index (χ2v) is 9.50. The summed E-state index contributed by atoms with van der Waals surface area (Å²) in [4.78, 5) is 0. The smallest absolute Gasteiger partial charge is 1.00 e. The van der Waals surface area contributed by atoms with Crippen LogP contribution in [-0.2, 0) is 10.1 Å². The zero-order chi connectivity index (χ0) is 15.1. The average molecular weight is 393 g/mol. The molecular formula is C15H31NaO3SSe. The Kier molecular flexibility index (Phi) is 20.9. The molecule has 0 aromatic rings. The SMILES string of the molecule is CCCCCCCCCCCC[Se]CCCS(=O)(=O)[O-].[Na+]. The fraction of sp³-hybridized carbons (Fsp3) is 1.00. The molecule has 0 saturated heterocycles. The van der Waals surface area contributed by atoms with E-state index in [1.165, 1.54) is 69.5 Å². The van der Waals surface area contributed by atoms with E-state index in [4.69, 9.17) is 0 Å². The first kappa shape index (κ1) is 24.7. The van der Waals surface area contributed by atoms with E-state index in [-0.39, 0.29) is 35.3 Å². The first-order valence-corrected chi connectivity index (χ1v) is 12.1. The van der Waals surface area contributed by atoms with E-state index in [9.17, 15) is 13.0 Å². The van der Waals surface area contributed by atoms with Gasteiger partial charge in [-0.3, -0.25) is 0 Å². The zero-order valence-electron chi connectivity index (χ0n) is 13.9. The van der Waals surface area contributed by atoms with Gasteiger partial charge < -0.3 is 0 Å². The Morgan fingerprint density at radius 1 is 0.762 bits per heavy atom. The molecule has 0 aromatic carbocycles. The van der Waals surface area contributed by atoms with Crippen molar-refractivity contribution in [2.75, 3.05) is 5.75 Å². The molecule has 122 valence electrons. The predicted octanol–water partition coefficient (Wildman–Crippen LogP) is 1.39. The molecule has 0 radical (unpaired) electrons. The molecule has 0 amide bonds. The molecule has 0 atom stereocenters. The Bertz CT molecular complexity index is 297. The summed E-state index contributed by atoms with van der Waals surface area (Å²) in [6.07, 6.45) is 14.2. The predicted molar refractivity (Wildman–Crippen MR) is 86.4 cm³/mol. The molecule has 0 saturated carbocycles. The van der Waals surface area contributed by atoms with E-state index >= 15 is 0 Å². The molecule has 0 heterocycles. The molecule has 0 aliphatic heterocycles. The number of hydrogen-bond acceptors (Lipinski definition) is 3. The van der Waals surface area contributed by atoms with E-state index < -0.39 is 10.1 Å². The summed E-state index contributed by atoms with van der Waals surface area (Å²) < 4.78 is 31.2. The van der Waals surface area contributed by atoms with Crippen LogP contribution in [0.1, 0.15) is 77.6 Å². The van der Waals surface area contributed by atoms with Crippen molar-refractivity contribution >= 4 is 25.1 Å². The first-order chi connectivity index (χ1) is 9.56. The van der Waals surface area contributed by atoms with Gasteiger partial charge in [-0.25, -0.2) is 0 Å². The Hall–Kier alpha value is 1.43. The summed E-state index contributed by atoms with van der Waals surface area (Å²) in [6.45, 7) is 2.25. The molecule has 21 heavy (non-hydrogen) atoms. The van der Waals surface area contributed by atoms with Gasteiger partial charge in [-0.05, 0) is 0 Å². The van der Waals surface area contributed by atoms with E-state index in [0.717, 1.165) is 5.32 Å². The molecule has 0 aromatic heterocycles. The second kappa shape index (κ2) is 17.8. The van der Waals surface area contributed by atoms with Crippen LogP contribution in [0.5, 0.6) is 0 Å². The fourth-order valence-corrected chi connectivity index (χ4v) is 5.06. The van der Waals surface area contributed by atoms with Gasteiger partial charge in [0.2, 0.25) is 0 Å². The molecule has 0 fully saturated rings. The van der Waals surface area contributed by atoms with E-state index in [2.05, 4.69) is 6.92 Å². The van der Waals surface area contributed by atoms with Crippen LogP contribution in [0.4, 0.5) is 0 Å². The van der Waals surface area contributed by atoms with Crippen molar-refractivity contribution in [1.29, 1.82) is 0 Å². The van der Waals surface area contributed by atoms with Gasteiger partial charge in [-0.15, -0.1) is 0 Å². The molecule has 0 unspecified atom stereocenters. The third kappa shape index (κ3) is 23.8. The van der Waals surface area contributed by atoms with Gasteiger partial charge in [0.15, 0.2) is 0 Å². The summed E-state index contributed by atoms with van der Waals surface area (Å²) in [7, 11) is -3.98. The van der Waals surface area contributed by atoms with Crippen LogP contribution in [0, 0.1) is 0 Å². The minimum Gasteiger partial charge on any atom is 1.00 e. The van der Waals surface area contributed by atoms with Crippen molar-refractivity contribution in [3.63, 3.8) is 0 Å². The molecule has 6 heteroatoms. The van der Waals surface area contributed by atoms with Crippen LogP contribution in [0.25, 0.3) is 0 Å². The number of unbranched alkanes of at least 4 members (excludes halogenated alkanes) is 9. The van der Waals surface area contributed by atoms with Crippen LogP contribution >= 0.6 is 0 Å². The largest absolute Gasteiger partial charge is 1.00 e. The van der Waals surface area contributed by atoms with Gasteiger partial charge in [0.25, 0.3) is 0 Å². The monoisotopic (exact) mass is 394 g/mol. The third-order valence-electron chi connectivity index (χ3n) is 3.33. The van der Waals surface area contributed by atoms with Crippen molar-refractivity contribution in [3.8, 4) is 0 Å². The summed E-state index contributed by atoms with van der Waals surface area (Å²) in [5.74, 6) is -0.174. The number of hydrogen-bond donors (Lipinski definition) is 0. The summed E-state index contributed by atoms with van der Waals surface area (Å²) in [5.41, 5.74) is 0. The molecule has 0 aliphatic rings. The normalized spacial score (nSPS) is 11.3. The Morgan fingerprint density at radius 3 is 1.67 bits per heavy atom. The Labute approximate surface area is 160 Å². The maximum atomic E-state index is 10.4. The van der Waals surface area contributed by atoms with Crippen molar-refractivity contribution in [1.82, 2.24) is 0 Å². The standard InChI is InChI=1S/C15H32O3SSe.Na/c1-2-3-4-5-6-7-8-9-10-11-14-20-15-12-13-19(16,17)18;/h2-15H2,1H3,(H,16,17,18);/q;+1/p-1. The molecule has 0 aliphatic carbocycles. The molecule has 0 N–H and O–H groups in total. The second-order valence-electron chi connectivity index (χ2n) is 5.41. The third-order valence-corrected chi connectivity index (χ3v) is 6.54. The first-order valence-electron chi connectivity index (χ1n) is 8.07. The average Bonchev–Trinajstić information content (AvgIpc) is 2.38. The molecule has 0 rings (SSSR count). The van der Waals surface area contributed by atoms with Crippen molar-refractivity contribution in [3.05, 3.63) is 0 Å². The van der Waals surface area contributed by atoms with Crippen LogP contribution in [-0.4, -0.2) is 33.7 Å². The van der Waals surface area contributed by atoms with Crippen LogP contribution in [0.2, 0.25) is 10.6 Å². The molecule has 3 nitrogen and oxygen atoms in total. The molecule has 0 bridgehead atoms. The fourth-order valence-electron chi connectivity index (χ4n) is 2.13. The molecular weight excluding hydrogens is 362 g/mol. The van der Waals surface area contributed by atoms with Crippen LogP contribution in [0.15, 0.2) is 0 Å². The van der Waals surface area contributed by atoms with Crippen molar-refractivity contribution in [2.24, 2.45) is 0 Å². The van der Waals surface area contributed by atoms with Gasteiger partial charge in [0, 0.05) is 0 Å². The maximum absolute atomic E-state index is 10.4. The topological polar surface area (TPSA) is 57.2 Å². The van der Waals surface area contributed by atoms with E-state index in [1.807, 2.05) is 0 Å². The maximum Gasteiger partial charge on any atom is 1.00 e. The summed E-state index contributed by atoms with van der Waals surface area (Å²) in [6, 6.07) is 0. The summed E-state index contributed by atoms with van der Waals surface area (Å²) in [5, 5.41) is 2.17. The number of rotatable bonds is 15. The van der Waals surface area contributed by atoms with Gasteiger partial charge in [0.05, 0.1) is 0 Å².